The van der Waals surface area contributed by atoms with Crippen LogP contribution < -0.4 is 9.62 Å². The molecule has 0 atom stereocenters. The van der Waals surface area contributed by atoms with Gasteiger partial charge in [-0.05, 0) is 31.2 Å². The number of imidazole rings is 1. The number of carbonyl (C=O) groups excluding carboxylic acids is 1. The van der Waals surface area contributed by atoms with E-state index in [4.69, 9.17) is 0 Å². The summed E-state index contributed by atoms with van der Waals surface area (Å²) < 4.78 is 26.5. The predicted octanol–water partition coefficient (Wildman–Crippen LogP) is 2.22. The van der Waals surface area contributed by atoms with E-state index in [9.17, 15) is 13.2 Å². The molecule has 0 aliphatic rings. The third-order valence-corrected chi connectivity index (χ3v) is 5.26. The summed E-state index contributed by atoms with van der Waals surface area (Å²) in [5.74, 6) is 1.06. The van der Waals surface area contributed by atoms with E-state index in [1.165, 1.54) is 13.2 Å². The molecule has 27 heavy (non-hydrogen) atoms. The lowest BCUT2D eigenvalue weighted by Crippen LogP contribution is -2.27. The van der Waals surface area contributed by atoms with Crippen LogP contribution in [0, 0.1) is 6.92 Å². The molecule has 1 aromatic carbocycles. The first kappa shape index (κ1) is 18.6. The van der Waals surface area contributed by atoms with Crippen LogP contribution in [0.3, 0.4) is 0 Å². The maximum atomic E-state index is 12.7. The van der Waals surface area contributed by atoms with Gasteiger partial charge >= 0.3 is 0 Å². The van der Waals surface area contributed by atoms with Crippen molar-refractivity contribution < 1.29 is 13.2 Å². The van der Waals surface area contributed by atoms with E-state index >= 15 is 0 Å². The molecule has 3 rings (SSSR count). The van der Waals surface area contributed by atoms with Crippen LogP contribution in [0.4, 0.5) is 11.4 Å². The number of amides is 1. The van der Waals surface area contributed by atoms with E-state index in [0.717, 1.165) is 16.4 Å². The number of hydrogen-bond acceptors (Lipinski definition) is 5. The lowest BCUT2D eigenvalue weighted by molar-refractivity contribution is 0.102. The molecule has 0 saturated heterocycles. The summed E-state index contributed by atoms with van der Waals surface area (Å²) in [5.41, 5.74) is 1.05. The van der Waals surface area contributed by atoms with Gasteiger partial charge in [-0.25, -0.2) is 18.4 Å². The van der Waals surface area contributed by atoms with Crippen molar-refractivity contribution in [3.63, 3.8) is 0 Å². The summed E-state index contributed by atoms with van der Waals surface area (Å²) in [5, 5.41) is 2.74. The molecule has 0 aliphatic heterocycles. The number of aryl methyl sites for hydroxylation is 1. The van der Waals surface area contributed by atoms with Gasteiger partial charge in [-0.1, -0.05) is 12.1 Å². The molecule has 140 valence electrons. The van der Waals surface area contributed by atoms with Crippen molar-refractivity contribution in [2.75, 3.05) is 22.9 Å². The minimum Gasteiger partial charge on any atom is -0.321 e. The van der Waals surface area contributed by atoms with Crippen molar-refractivity contribution >= 4 is 27.3 Å². The number of benzene rings is 1. The molecule has 0 radical (unpaired) electrons. The van der Waals surface area contributed by atoms with Gasteiger partial charge in [0.05, 0.1) is 29.4 Å². The van der Waals surface area contributed by atoms with E-state index in [2.05, 4.69) is 15.3 Å². The van der Waals surface area contributed by atoms with Crippen LogP contribution in [-0.2, 0) is 10.0 Å². The second-order valence-corrected chi connectivity index (χ2v) is 7.97. The molecule has 1 N–H and O–H groups in total. The molecule has 3 aromatic rings. The zero-order chi connectivity index (χ0) is 19.6. The molecule has 0 bridgehead atoms. The number of nitrogens with one attached hydrogen (secondary N) is 1. The molecule has 0 aliphatic carbocycles. The molecular weight excluding hydrogens is 366 g/mol. The van der Waals surface area contributed by atoms with Gasteiger partial charge in [-0.3, -0.25) is 13.7 Å². The molecule has 9 heteroatoms. The van der Waals surface area contributed by atoms with Gasteiger partial charge in [-0.15, -0.1) is 0 Å². The Morgan fingerprint density at radius 1 is 1.15 bits per heavy atom. The van der Waals surface area contributed by atoms with Crippen molar-refractivity contribution in [2.24, 2.45) is 0 Å². The zero-order valence-electron chi connectivity index (χ0n) is 15.1. The summed E-state index contributed by atoms with van der Waals surface area (Å²) in [6.07, 6.45) is 6.10. The Morgan fingerprint density at radius 2 is 1.89 bits per heavy atom. The third kappa shape index (κ3) is 3.98. The lowest BCUT2D eigenvalue weighted by atomic mass is 10.1. The highest BCUT2D eigenvalue weighted by atomic mass is 32.2. The Hall–Kier alpha value is -3.20. The average Bonchev–Trinajstić information content (AvgIpc) is 3.07. The summed E-state index contributed by atoms with van der Waals surface area (Å²) in [4.78, 5) is 21.1. The van der Waals surface area contributed by atoms with Gasteiger partial charge in [0.25, 0.3) is 5.91 Å². The molecule has 2 aromatic heterocycles. The Bertz CT molecular complexity index is 1070. The minimum atomic E-state index is -3.49. The standard InChI is InChI=1S/C18H19N5O3S/c1-13-19-10-11-23(13)17-9-8-14(12-20-17)21-18(24)15-6-4-5-7-16(15)22(2)27(3,25)26/h4-12H,1-3H3,(H,21,24). The van der Waals surface area contributed by atoms with E-state index < -0.39 is 15.9 Å². The largest absolute Gasteiger partial charge is 0.321 e. The quantitative estimate of drug-likeness (QED) is 0.726. The molecule has 0 fully saturated rings. The summed E-state index contributed by atoms with van der Waals surface area (Å²) in [7, 11) is -2.08. The normalized spacial score (nSPS) is 11.2. The van der Waals surface area contributed by atoms with Crippen LogP contribution in [0.15, 0.2) is 55.0 Å². The first-order valence-corrected chi connectivity index (χ1v) is 9.93. The SMILES string of the molecule is Cc1nccn1-c1ccc(NC(=O)c2ccccc2N(C)S(C)(=O)=O)cn1. The van der Waals surface area contributed by atoms with Gasteiger partial charge in [0.15, 0.2) is 0 Å². The highest BCUT2D eigenvalue weighted by Gasteiger charge is 2.19. The number of aromatic nitrogens is 3. The van der Waals surface area contributed by atoms with Crippen LogP contribution in [0.1, 0.15) is 16.2 Å². The number of sulfonamides is 1. The van der Waals surface area contributed by atoms with Gasteiger partial charge in [0.1, 0.15) is 11.6 Å². The summed E-state index contributed by atoms with van der Waals surface area (Å²) >= 11 is 0. The Balaban J connectivity index is 1.83. The van der Waals surface area contributed by atoms with Crippen molar-refractivity contribution in [3.05, 3.63) is 66.4 Å². The predicted molar refractivity (Wildman–Crippen MR) is 104 cm³/mol. The van der Waals surface area contributed by atoms with E-state index in [-0.39, 0.29) is 5.56 Å². The number of anilines is 2. The van der Waals surface area contributed by atoms with Gasteiger partial charge in [-0.2, -0.15) is 0 Å². The molecule has 0 unspecified atom stereocenters. The monoisotopic (exact) mass is 385 g/mol. The zero-order valence-corrected chi connectivity index (χ0v) is 15.9. The topological polar surface area (TPSA) is 97.2 Å². The number of nitrogens with zero attached hydrogens (tertiary/aromatic N) is 4. The fourth-order valence-electron chi connectivity index (χ4n) is 2.54. The second-order valence-electron chi connectivity index (χ2n) is 5.95. The third-order valence-electron chi connectivity index (χ3n) is 4.06. The van der Waals surface area contributed by atoms with Crippen LogP contribution >= 0.6 is 0 Å². The number of para-hydroxylation sites is 1. The highest BCUT2D eigenvalue weighted by Crippen LogP contribution is 2.22. The van der Waals surface area contributed by atoms with Gasteiger partial charge in [0.2, 0.25) is 10.0 Å². The Labute approximate surface area is 157 Å². The van der Waals surface area contributed by atoms with Crippen molar-refractivity contribution in [1.29, 1.82) is 0 Å². The maximum absolute atomic E-state index is 12.7. The van der Waals surface area contributed by atoms with Gasteiger partial charge < -0.3 is 5.32 Å². The molecule has 0 spiro atoms. The number of hydrogen-bond donors (Lipinski definition) is 1. The first-order chi connectivity index (χ1) is 12.8. The van der Waals surface area contributed by atoms with E-state index in [1.807, 2.05) is 11.5 Å². The molecule has 2 heterocycles. The van der Waals surface area contributed by atoms with Crippen molar-refractivity contribution in [1.82, 2.24) is 14.5 Å². The smallest absolute Gasteiger partial charge is 0.257 e. The summed E-state index contributed by atoms with van der Waals surface area (Å²) in [6, 6.07) is 10.00. The number of pyridine rings is 1. The molecule has 1 amide bonds. The van der Waals surface area contributed by atoms with Crippen molar-refractivity contribution in [3.8, 4) is 5.82 Å². The maximum Gasteiger partial charge on any atom is 0.257 e. The number of rotatable bonds is 5. The average molecular weight is 385 g/mol. The van der Waals surface area contributed by atoms with Crippen LogP contribution in [0.5, 0.6) is 0 Å². The number of carbonyl (C=O) groups is 1. The van der Waals surface area contributed by atoms with Crippen LogP contribution in [0.2, 0.25) is 0 Å². The molecule has 8 nitrogen and oxygen atoms in total. The minimum absolute atomic E-state index is 0.250. The van der Waals surface area contributed by atoms with E-state index in [0.29, 0.717) is 17.2 Å². The van der Waals surface area contributed by atoms with Crippen LogP contribution in [0.25, 0.3) is 5.82 Å². The Kier molecular flexibility index (Phi) is 4.95. The fraction of sp³-hybridized carbons (Fsp3) is 0.167. The Morgan fingerprint density at radius 3 is 2.48 bits per heavy atom. The van der Waals surface area contributed by atoms with Gasteiger partial charge in [0, 0.05) is 19.4 Å². The molecule has 0 saturated carbocycles. The first-order valence-electron chi connectivity index (χ1n) is 8.08. The molecular formula is C18H19N5O3S. The summed E-state index contributed by atoms with van der Waals surface area (Å²) in [6.45, 7) is 1.87. The second kappa shape index (κ2) is 7.20. The highest BCUT2D eigenvalue weighted by molar-refractivity contribution is 7.92. The lowest BCUT2D eigenvalue weighted by Gasteiger charge is -2.19. The van der Waals surface area contributed by atoms with Crippen LogP contribution in [-0.4, -0.2) is 42.2 Å². The van der Waals surface area contributed by atoms with Crippen molar-refractivity contribution in [2.45, 2.75) is 6.92 Å². The van der Waals surface area contributed by atoms with E-state index in [1.54, 1.807) is 48.8 Å². The fourth-order valence-corrected chi connectivity index (χ4v) is 3.06.